The van der Waals surface area contributed by atoms with E-state index >= 15 is 0 Å². The number of hydrogen-bond acceptors (Lipinski definition) is 1. The van der Waals surface area contributed by atoms with E-state index in [9.17, 15) is 13.2 Å². The van der Waals surface area contributed by atoms with Crippen molar-refractivity contribution < 1.29 is 17.9 Å². The van der Waals surface area contributed by atoms with E-state index in [0.717, 1.165) is 0 Å². The highest BCUT2D eigenvalue weighted by Gasteiger charge is 2.44. The molecule has 0 aliphatic carbocycles. The Morgan fingerprint density at radius 2 is 2.00 bits per heavy atom. The second-order valence-corrected chi connectivity index (χ2v) is 3.40. The number of ether oxygens (including phenoxy) is 1. The molecule has 2 unspecified atom stereocenters. The van der Waals surface area contributed by atoms with E-state index in [1.807, 2.05) is 22.6 Å². The smallest absolute Gasteiger partial charge is 0.365 e. The van der Waals surface area contributed by atoms with Gasteiger partial charge in [-0.25, -0.2) is 0 Å². The molecule has 0 aromatic heterocycles. The van der Waals surface area contributed by atoms with Gasteiger partial charge in [0, 0.05) is 4.43 Å². The van der Waals surface area contributed by atoms with E-state index in [4.69, 9.17) is 4.74 Å². The Morgan fingerprint density at radius 3 is 2.27 bits per heavy atom. The first-order valence-electron chi connectivity index (χ1n) is 3.32. The first-order chi connectivity index (χ1) is 5.04. The predicted octanol–water partition coefficient (Wildman–Crippen LogP) is 2.53. The molecule has 5 heteroatoms. The van der Waals surface area contributed by atoms with Crippen LogP contribution >= 0.6 is 22.6 Å². The van der Waals surface area contributed by atoms with Crippen LogP contribution in [0.1, 0.15) is 12.8 Å². The van der Waals surface area contributed by atoms with Gasteiger partial charge in [-0.1, -0.05) is 22.6 Å². The molecule has 1 aliphatic rings. The lowest BCUT2D eigenvalue weighted by Gasteiger charge is -2.14. The quantitative estimate of drug-likeness (QED) is 0.530. The third-order valence-electron chi connectivity index (χ3n) is 1.64. The normalized spacial score (nSPS) is 32.7. The highest BCUT2D eigenvalue weighted by atomic mass is 127. The van der Waals surface area contributed by atoms with Gasteiger partial charge in [-0.15, -0.1) is 0 Å². The lowest BCUT2D eigenvalue weighted by Crippen LogP contribution is -2.29. The van der Waals surface area contributed by atoms with Crippen molar-refractivity contribution in [3.8, 4) is 0 Å². The first kappa shape index (κ1) is 9.57. The molecule has 1 nitrogen and oxygen atoms in total. The number of rotatable bonds is 1. The zero-order valence-corrected chi connectivity index (χ0v) is 7.85. The summed E-state index contributed by atoms with van der Waals surface area (Å²) in [5.41, 5.74) is 0. The van der Waals surface area contributed by atoms with Crippen molar-refractivity contribution in [1.82, 2.24) is 0 Å². The van der Waals surface area contributed by atoms with E-state index in [-0.39, 0.29) is 12.5 Å². The maximum atomic E-state index is 11.9. The van der Waals surface area contributed by atoms with Crippen molar-refractivity contribution in [1.29, 1.82) is 0 Å². The summed E-state index contributed by atoms with van der Waals surface area (Å²) in [5.74, 6) is 0. The molecule has 1 saturated heterocycles. The molecule has 0 amide bonds. The minimum atomic E-state index is -4.17. The topological polar surface area (TPSA) is 9.23 Å². The van der Waals surface area contributed by atoms with Crippen LogP contribution < -0.4 is 0 Å². The summed E-state index contributed by atoms with van der Waals surface area (Å²) in [4.78, 5) is 0. The molecule has 1 heterocycles. The summed E-state index contributed by atoms with van der Waals surface area (Å²) >= 11 is 2.04. The number of hydrogen-bond donors (Lipinski definition) is 0. The van der Waals surface area contributed by atoms with Crippen molar-refractivity contribution in [2.75, 3.05) is 4.43 Å². The van der Waals surface area contributed by atoms with E-state index in [0.29, 0.717) is 10.8 Å². The van der Waals surface area contributed by atoms with Gasteiger partial charge < -0.3 is 4.74 Å². The Balaban J connectivity index is 2.42. The van der Waals surface area contributed by atoms with E-state index in [1.165, 1.54) is 0 Å². The summed E-state index contributed by atoms with van der Waals surface area (Å²) in [5, 5.41) is 0. The van der Waals surface area contributed by atoms with Crippen LogP contribution in [0.3, 0.4) is 0 Å². The summed E-state index contributed by atoms with van der Waals surface area (Å²) in [6.07, 6.45) is -5.21. The fourth-order valence-electron chi connectivity index (χ4n) is 1.06. The molecular formula is C6H8F3IO. The molecule has 1 rings (SSSR count). The fourth-order valence-corrected chi connectivity index (χ4v) is 1.71. The van der Waals surface area contributed by atoms with Crippen LogP contribution in [0.5, 0.6) is 0 Å². The first-order valence-corrected chi connectivity index (χ1v) is 4.84. The zero-order chi connectivity index (χ0) is 8.48. The van der Waals surface area contributed by atoms with E-state index in [2.05, 4.69) is 0 Å². The van der Waals surface area contributed by atoms with Gasteiger partial charge in [0.1, 0.15) is 0 Å². The van der Waals surface area contributed by atoms with Crippen LogP contribution in [-0.4, -0.2) is 22.8 Å². The summed E-state index contributed by atoms with van der Waals surface area (Å²) < 4.78 is 41.2. The largest absolute Gasteiger partial charge is 0.414 e. The monoisotopic (exact) mass is 280 g/mol. The highest BCUT2D eigenvalue weighted by Crippen LogP contribution is 2.33. The van der Waals surface area contributed by atoms with Gasteiger partial charge in [-0.05, 0) is 12.8 Å². The standard InChI is InChI=1S/C6H8F3IO/c7-6(8,9)5-2-1-4(3-10)11-5/h4-5H,1-3H2. The summed E-state index contributed by atoms with van der Waals surface area (Å²) in [6, 6.07) is 0. The second kappa shape index (κ2) is 3.47. The Bertz CT molecular complexity index is 136. The molecule has 1 aliphatic heterocycles. The Hall–Kier alpha value is 0.480. The number of alkyl halides is 4. The minimum absolute atomic E-state index is 0.122. The van der Waals surface area contributed by atoms with Crippen molar-refractivity contribution in [3.05, 3.63) is 0 Å². The van der Waals surface area contributed by atoms with Gasteiger partial charge in [0.2, 0.25) is 0 Å². The van der Waals surface area contributed by atoms with Crippen molar-refractivity contribution in [3.63, 3.8) is 0 Å². The van der Waals surface area contributed by atoms with Gasteiger partial charge in [-0.2, -0.15) is 13.2 Å². The van der Waals surface area contributed by atoms with Gasteiger partial charge >= 0.3 is 6.18 Å². The molecule has 1 fully saturated rings. The summed E-state index contributed by atoms with van der Waals surface area (Å²) in [7, 11) is 0. The SMILES string of the molecule is FC(F)(F)C1CCC(CI)O1. The fraction of sp³-hybridized carbons (Fsp3) is 1.00. The molecular weight excluding hydrogens is 272 g/mol. The summed E-state index contributed by atoms with van der Waals surface area (Å²) in [6.45, 7) is 0. The van der Waals surface area contributed by atoms with E-state index in [1.54, 1.807) is 0 Å². The van der Waals surface area contributed by atoms with Crippen molar-refractivity contribution >= 4 is 22.6 Å². The van der Waals surface area contributed by atoms with E-state index < -0.39 is 12.3 Å². The third-order valence-corrected chi connectivity index (χ3v) is 2.63. The Kier molecular flexibility index (Phi) is 3.02. The predicted molar refractivity (Wildman–Crippen MR) is 42.8 cm³/mol. The van der Waals surface area contributed by atoms with Crippen molar-refractivity contribution in [2.45, 2.75) is 31.2 Å². The molecule has 11 heavy (non-hydrogen) atoms. The average Bonchev–Trinajstić information content (AvgIpc) is 2.32. The average molecular weight is 280 g/mol. The molecule has 0 bridgehead atoms. The molecule has 0 spiro atoms. The maximum absolute atomic E-state index is 11.9. The van der Waals surface area contributed by atoms with Crippen LogP contribution in [0.2, 0.25) is 0 Å². The molecule has 0 N–H and O–H groups in total. The molecule has 2 atom stereocenters. The van der Waals surface area contributed by atoms with Crippen LogP contribution in [0.4, 0.5) is 13.2 Å². The zero-order valence-electron chi connectivity index (χ0n) is 5.70. The van der Waals surface area contributed by atoms with Gasteiger partial charge in [0.05, 0.1) is 6.10 Å². The van der Waals surface area contributed by atoms with Gasteiger partial charge in [0.25, 0.3) is 0 Å². The number of halogens is 4. The van der Waals surface area contributed by atoms with Crippen molar-refractivity contribution in [2.24, 2.45) is 0 Å². The van der Waals surface area contributed by atoms with Crippen LogP contribution in [0.25, 0.3) is 0 Å². The molecule has 0 saturated carbocycles. The third kappa shape index (κ3) is 2.47. The van der Waals surface area contributed by atoms with Crippen LogP contribution in [0.15, 0.2) is 0 Å². The van der Waals surface area contributed by atoms with Crippen LogP contribution in [0, 0.1) is 0 Å². The molecule has 66 valence electrons. The Morgan fingerprint density at radius 1 is 1.36 bits per heavy atom. The minimum Gasteiger partial charge on any atom is -0.365 e. The van der Waals surface area contributed by atoms with Gasteiger partial charge in [-0.3, -0.25) is 0 Å². The molecule has 0 radical (unpaired) electrons. The highest BCUT2D eigenvalue weighted by molar-refractivity contribution is 14.1. The Labute approximate surface area is 76.4 Å². The van der Waals surface area contributed by atoms with Gasteiger partial charge in [0.15, 0.2) is 6.10 Å². The lowest BCUT2D eigenvalue weighted by atomic mass is 10.2. The molecule has 0 aromatic rings. The maximum Gasteiger partial charge on any atom is 0.414 e. The lowest BCUT2D eigenvalue weighted by molar-refractivity contribution is -0.212. The molecule has 0 aromatic carbocycles. The second-order valence-electron chi connectivity index (χ2n) is 2.52. The van der Waals surface area contributed by atoms with Crippen LogP contribution in [-0.2, 0) is 4.74 Å².